The van der Waals surface area contributed by atoms with E-state index in [1.807, 2.05) is 43.3 Å². The van der Waals surface area contributed by atoms with Crippen LogP contribution in [0, 0.1) is 13.8 Å². The Labute approximate surface area is 232 Å². The van der Waals surface area contributed by atoms with Crippen LogP contribution < -0.4 is 15.5 Å². The smallest absolute Gasteiger partial charge is 0.258 e. The SMILES string of the molecule is Cc1noc(C)c1CC(=O)NC1C=CC(=NCCNC2c3cnccc3C(=O)N(C)c3ccccc32)C(Cl)C1. The van der Waals surface area contributed by atoms with Gasteiger partial charge in [0.2, 0.25) is 5.91 Å². The molecule has 0 radical (unpaired) electrons. The van der Waals surface area contributed by atoms with Crippen LogP contribution in [0.5, 0.6) is 0 Å². The third-order valence-corrected chi connectivity index (χ3v) is 7.61. The van der Waals surface area contributed by atoms with E-state index < -0.39 is 0 Å². The molecule has 39 heavy (non-hydrogen) atoms. The molecule has 0 saturated heterocycles. The van der Waals surface area contributed by atoms with Gasteiger partial charge in [-0.25, -0.2) is 0 Å². The summed E-state index contributed by atoms with van der Waals surface area (Å²) in [5.41, 5.74) is 5.67. The number of carbonyl (C=O) groups is 2. The van der Waals surface area contributed by atoms with Crippen LogP contribution in [0.4, 0.5) is 5.69 Å². The fourth-order valence-corrected chi connectivity index (χ4v) is 5.45. The second kappa shape index (κ2) is 11.5. The van der Waals surface area contributed by atoms with Crippen molar-refractivity contribution in [3.63, 3.8) is 0 Å². The Hall–Kier alpha value is -3.82. The summed E-state index contributed by atoms with van der Waals surface area (Å²) in [5.74, 6) is 0.496. The maximum Gasteiger partial charge on any atom is 0.258 e. The van der Waals surface area contributed by atoms with Crippen LogP contribution in [0.25, 0.3) is 0 Å². The van der Waals surface area contributed by atoms with Gasteiger partial charge in [-0.3, -0.25) is 19.6 Å². The molecular formula is C29H31ClN6O3. The van der Waals surface area contributed by atoms with E-state index in [4.69, 9.17) is 21.1 Å². The Morgan fingerprint density at radius 1 is 1.23 bits per heavy atom. The average Bonchev–Trinajstić information content (AvgIpc) is 3.21. The first-order chi connectivity index (χ1) is 18.8. The van der Waals surface area contributed by atoms with Crippen molar-refractivity contribution in [1.29, 1.82) is 0 Å². The second-order valence-electron chi connectivity index (χ2n) is 9.80. The van der Waals surface area contributed by atoms with E-state index in [0.717, 1.165) is 33.8 Å². The quantitative estimate of drug-likeness (QED) is 0.345. The number of hydrogen-bond acceptors (Lipinski definition) is 7. The van der Waals surface area contributed by atoms with Crippen LogP contribution in [0.15, 0.2) is 64.4 Å². The maximum atomic E-state index is 13.1. The summed E-state index contributed by atoms with van der Waals surface area (Å²) >= 11 is 6.64. The lowest BCUT2D eigenvalue weighted by Gasteiger charge is -2.23. The highest BCUT2D eigenvalue weighted by molar-refractivity contribution is 6.34. The number of allylic oxidation sites excluding steroid dienone is 1. The van der Waals surface area contributed by atoms with E-state index in [0.29, 0.717) is 30.8 Å². The first kappa shape index (κ1) is 26.8. The predicted octanol–water partition coefficient (Wildman–Crippen LogP) is 3.69. The molecule has 202 valence electrons. The van der Waals surface area contributed by atoms with E-state index >= 15 is 0 Å². The fraction of sp³-hybridized carbons (Fsp3) is 0.345. The summed E-state index contributed by atoms with van der Waals surface area (Å²) in [5, 5.41) is 10.2. The van der Waals surface area contributed by atoms with E-state index in [-0.39, 0.29) is 35.7 Å². The summed E-state index contributed by atoms with van der Waals surface area (Å²) in [7, 11) is 1.79. The van der Waals surface area contributed by atoms with Crippen molar-refractivity contribution < 1.29 is 14.1 Å². The molecular weight excluding hydrogens is 516 g/mol. The molecule has 3 unspecified atom stereocenters. The van der Waals surface area contributed by atoms with Crippen LogP contribution in [0.2, 0.25) is 0 Å². The van der Waals surface area contributed by atoms with E-state index in [2.05, 4.69) is 20.8 Å². The first-order valence-electron chi connectivity index (χ1n) is 13.0. The molecule has 0 bridgehead atoms. The van der Waals surface area contributed by atoms with E-state index in [1.165, 1.54) is 0 Å². The molecule has 1 aliphatic carbocycles. The normalized spacial score (nSPS) is 21.4. The topological polar surface area (TPSA) is 113 Å². The Kier molecular flexibility index (Phi) is 7.90. The van der Waals surface area contributed by atoms with Gasteiger partial charge in [0.1, 0.15) is 5.76 Å². The number of amides is 2. The highest BCUT2D eigenvalue weighted by atomic mass is 35.5. The molecule has 3 aromatic rings. The molecule has 1 aliphatic heterocycles. The van der Waals surface area contributed by atoms with E-state index in [9.17, 15) is 9.59 Å². The minimum Gasteiger partial charge on any atom is -0.361 e. The monoisotopic (exact) mass is 546 g/mol. The van der Waals surface area contributed by atoms with Gasteiger partial charge in [0, 0.05) is 54.4 Å². The molecule has 9 nitrogen and oxygen atoms in total. The predicted molar refractivity (Wildman–Crippen MR) is 151 cm³/mol. The standard InChI is InChI=1S/C29H31ClN6O3/c1-17-22(18(2)39-35-17)15-27(37)34-19-8-9-25(24(30)14-19)32-12-13-33-28-21-6-4-5-7-26(21)36(3)29(38)20-10-11-31-16-23(20)28/h4-11,16,19,24,28,33H,12-15H2,1-3H3,(H,34,37). The average molecular weight is 547 g/mol. The molecule has 10 heteroatoms. The number of benzene rings is 1. The number of alkyl halides is 1. The molecule has 5 rings (SSSR count). The number of halogens is 1. The van der Waals surface area contributed by atoms with Crippen molar-refractivity contribution in [2.75, 3.05) is 25.0 Å². The lowest BCUT2D eigenvalue weighted by atomic mass is 9.96. The number of aryl methyl sites for hydroxylation is 2. The van der Waals surface area contributed by atoms with Crippen LogP contribution >= 0.6 is 11.6 Å². The van der Waals surface area contributed by atoms with Gasteiger partial charge in [0.25, 0.3) is 5.91 Å². The Morgan fingerprint density at radius 3 is 2.82 bits per heavy atom. The van der Waals surface area contributed by atoms with Crippen LogP contribution in [0.3, 0.4) is 0 Å². The number of hydrogen-bond donors (Lipinski definition) is 2. The maximum absolute atomic E-state index is 13.1. The van der Waals surface area contributed by atoms with Gasteiger partial charge >= 0.3 is 0 Å². The number of nitrogens with zero attached hydrogens (tertiary/aromatic N) is 4. The van der Waals surface area contributed by atoms with E-state index in [1.54, 1.807) is 37.3 Å². The number of anilines is 1. The zero-order valence-electron chi connectivity index (χ0n) is 22.1. The van der Waals surface area contributed by atoms with Gasteiger partial charge in [-0.1, -0.05) is 29.4 Å². The number of rotatable bonds is 7. The number of carbonyl (C=O) groups excluding carboxylic acids is 2. The Balaban J connectivity index is 1.22. The van der Waals surface area contributed by atoms with Gasteiger partial charge < -0.3 is 20.1 Å². The number of fused-ring (bicyclic) bond motifs is 2. The Bertz CT molecular complexity index is 1430. The van der Waals surface area contributed by atoms with Crippen molar-refractivity contribution in [2.24, 2.45) is 4.99 Å². The van der Waals surface area contributed by atoms with Crippen molar-refractivity contribution in [1.82, 2.24) is 20.8 Å². The summed E-state index contributed by atoms with van der Waals surface area (Å²) in [6.45, 7) is 4.71. The molecule has 3 atom stereocenters. The van der Waals surface area contributed by atoms with Crippen molar-refractivity contribution in [2.45, 2.75) is 44.1 Å². The molecule has 2 aliphatic rings. The lowest BCUT2D eigenvalue weighted by molar-refractivity contribution is -0.120. The molecule has 0 saturated carbocycles. The van der Waals surface area contributed by atoms with Crippen LogP contribution in [-0.4, -0.2) is 59.2 Å². The van der Waals surface area contributed by atoms with Crippen LogP contribution in [0.1, 0.15) is 51.0 Å². The first-order valence-corrected chi connectivity index (χ1v) is 13.4. The van der Waals surface area contributed by atoms with Gasteiger partial charge in [-0.05, 0) is 44.0 Å². The largest absolute Gasteiger partial charge is 0.361 e. The highest BCUT2D eigenvalue weighted by Crippen LogP contribution is 2.36. The molecule has 2 aromatic heterocycles. The van der Waals surface area contributed by atoms with Crippen molar-refractivity contribution >= 4 is 34.8 Å². The number of aliphatic imine (C=N–C) groups is 1. The van der Waals surface area contributed by atoms with Gasteiger partial charge in [0.05, 0.1) is 35.8 Å². The number of aromatic nitrogens is 2. The number of nitrogens with one attached hydrogen (secondary N) is 2. The highest BCUT2D eigenvalue weighted by Gasteiger charge is 2.30. The van der Waals surface area contributed by atoms with Gasteiger partial charge in [-0.15, -0.1) is 11.6 Å². The lowest BCUT2D eigenvalue weighted by Crippen LogP contribution is -2.39. The minimum atomic E-state index is -0.311. The van der Waals surface area contributed by atoms with Gasteiger partial charge in [-0.2, -0.15) is 0 Å². The minimum absolute atomic E-state index is 0.0601. The zero-order valence-corrected chi connectivity index (χ0v) is 22.9. The fourth-order valence-electron chi connectivity index (χ4n) is 5.11. The third kappa shape index (κ3) is 5.65. The van der Waals surface area contributed by atoms with Crippen molar-refractivity contribution in [3.05, 3.63) is 88.6 Å². The summed E-state index contributed by atoms with van der Waals surface area (Å²) < 4.78 is 5.15. The summed E-state index contributed by atoms with van der Waals surface area (Å²) in [6.07, 6.45) is 7.99. The molecule has 0 spiro atoms. The molecule has 1 aromatic carbocycles. The summed E-state index contributed by atoms with van der Waals surface area (Å²) in [6, 6.07) is 9.29. The Morgan fingerprint density at radius 2 is 2.05 bits per heavy atom. The third-order valence-electron chi connectivity index (χ3n) is 7.21. The number of para-hydroxylation sites is 1. The zero-order chi connectivity index (χ0) is 27.5. The van der Waals surface area contributed by atoms with Crippen LogP contribution in [-0.2, 0) is 11.2 Å². The van der Waals surface area contributed by atoms with Crippen molar-refractivity contribution in [3.8, 4) is 0 Å². The molecule has 3 heterocycles. The summed E-state index contributed by atoms with van der Waals surface area (Å²) in [4.78, 5) is 36.4. The number of pyridine rings is 1. The molecule has 2 amide bonds. The molecule has 0 fully saturated rings. The molecule has 2 N–H and O–H groups in total. The second-order valence-corrected chi connectivity index (χ2v) is 10.3. The van der Waals surface area contributed by atoms with Gasteiger partial charge in [0.15, 0.2) is 0 Å².